The van der Waals surface area contributed by atoms with E-state index in [1.165, 1.54) is 24.8 Å². The first-order chi connectivity index (χ1) is 8.78. The average molecular weight is 242 g/mol. The summed E-state index contributed by atoms with van der Waals surface area (Å²) in [4.78, 5) is 2.44. The summed E-state index contributed by atoms with van der Waals surface area (Å²) in [6.45, 7) is 5.26. The quantitative estimate of drug-likeness (QED) is 0.811. The predicted octanol–water partition coefficient (Wildman–Crippen LogP) is 3.10. The standard InChI is InChI=1S/C16H22N2/c1-14(12-17)13-18-9-7-16(8-10-18)11-15-5-3-2-4-6-15/h2-6,14,16H,7-11,13H2,1H3. The second kappa shape index (κ2) is 6.56. The van der Waals surface area contributed by atoms with Crippen molar-refractivity contribution in [2.75, 3.05) is 19.6 Å². The minimum Gasteiger partial charge on any atom is -0.302 e. The van der Waals surface area contributed by atoms with Crippen LogP contribution >= 0.6 is 0 Å². The van der Waals surface area contributed by atoms with Crippen molar-refractivity contribution in [3.63, 3.8) is 0 Å². The summed E-state index contributed by atoms with van der Waals surface area (Å²) >= 11 is 0. The highest BCUT2D eigenvalue weighted by molar-refractivity contribution is 5.15. The Bertz CT molecular complexity index is 385. The number of nitriles is 1. The lowest BCUT2D eigenvalue weighted by Crippen LogP contribution is -2.36. The fourth-order valence-electron chi connectivity index (χ4n) is 2.75. The van der Waals surface area contributed by atoms with Gasteiger partial charge < -0.3 is 4.90 Å². The Labute approximate surface area is 110 Å². The first-order valence-electron chi connectivity index (χ1n) is 6.94. The van der Waals surface area contributed by atoms with Crippen LogP contribution in [0.4, 0.5) is 0 Å². The van der Waals surface area contributed by atoms with Crippen molar-refractivity contribution >= 4 is 0 Å². The van der Waals surface area contributed by atoms with E-state index in [0.717, 1.165) is 25.6 Å². The number of benzene rings is 1. The highest BCUT2D eigenvalue weighted by Crippen LogP contribution is 2.22. The van der Waals surface area contributed by atoms with E-state index in [-0.39, 0.29) is 5.92 Å². The van der Waals surface area contributed by atoms with E-state index in [9.17, 15) is 0 Å². The molecular weight excluding hydrogens is 220 g/mol. The van der Waals surface area contributed by atoms with Gasteiger partial charge in [-0.05, 0) is 50.8 Å². The van der Waals surface area contributed by atoms with Crippen LogP contribution in [0.15, 0.2) is 30.3 Å². The predicted molar refractivity (Wildman–Crippen MR) is 74.1 cm³/mol. The second-order valence-electron chi connectivity index (χ2n) is 5.46. The molecule has 0 N–H and O–H groups in total. The van der Waals surface area contributed by atoms with Crippen LogP contribution < -0.4 is 0 Å². The van der Waals surface area contributed by atoms with Gasteiger partial charge in [0.25, 0.3) is 0 Å². The third kappa shape index (κ3) is 3.85. The van der Waals surface area contributed by atoms with Crippen LogP contribution in [-0.4, -0.2) is 24.5 Å². The molecule has 1 aliphatic rings. The van der Waals surface area contributed by atoms with Crippen molar-refractivity contribution in [1.29, 1.82) is 5.26 Å². The maximum absolute atomic E-state index is 8.84. The topological polar surface area (TPSA) is 27.0 Å². The van der Waals surface area contributed by atoms with Gasteiger partial charge >= 0.3 is 0 Å². The summed E-state index contributed by atoms with van der Waals surface area (Å²) in [5, 5.41) is 8.84. The highest BCUT2D eigenvalue weighted by atomic mass is 15.1. The number of piperidine rings is 1. The van der Waals surface area contributed by atoms with Crippen LogP contribution in [0.5, 0.6) is 0 Å². The number of rotatable bonds is 4. The van der Waals surface area contributed by atoms with Crippen LogP contribution in [0.25, 0.3) is 0 Å². The first kappa shape index (κ1) is 13.1. The molecule has 0 aromatic heterocycles. The molecule has 0 radical (unpaired) electrons. The molecule has 0 saturated carbocycles. The van der Waals surface area contributed by atoms with Gasteiger partial charge in [-0.15, -0.1) is 0 Å². The van der Waals surface area contributed by atoms with Crippen molar-refractivity contribution in [2.24, 2.45) is 11.8 Å². The number of likely N-dealkylation sites (tertiary alicyclic amines) is 1. The fraction of sp³-hybridized carbons (Fsp3) is 0.562. The van der Waals surface area contributed by atoms with Gasteiger partial charge in [0.05, 0.1) is 12.0 Å². The summed E-state index contributed by atoms with van der Waals surface area (Å²) in [7, 11) is 0. The molecule has 2 rings (SSSR count). The SMILES string of the molecule is CC(C#N)CN1CCC(Cc2ccccc2)CC1. The molecule has 0 bridgehead atoms. The van der Waals surface area contributed by atoms with Gasteiger partial charge in [-0.3, -0.25) is 0 Å². The molecular formula is C16H22N2. The minimum absolute atomic E-state index is 0.163. The van der Waals surface area contributed by atoms with Gasteiger partial charge in [-0.25, -0.2) is 0 Å². The van der Waals surface area contributed by atoms with Crippen LogP contribution in [0.2, 0.25) is 0 Å². The summed E-state index contributed by atoms with van der Waals surface area (Å²) in [5.41, 5.74) is 1.46. The van der Waals surface area contributed by atoms with Crippen LogP contribution in [0.1, 0.15) is 25.3 Å². The Morgan fingerprint density at radius 1 is 1.28 bits per heavy atom. The molecule has 2 heteroatoms. The van der Waals surface area contributed by atoms with E-state index in [2.05, 4.69) is 41.3 Å². The van der Waals surface area contributed by atoms with E-state index < -0.39 is 0 Å². The zero-order valence-electron chi connectivity index (χ0n) is 11.2. The molecule has 1 aromatic carbocycles. The molecule has 0 amide bonds. The lowest BCUT2D eigenvalue weighted by molar-refractivity contribution is 0.174. The highest BCUT2D eigenvalue weighted by Gasteiger charge is 2.20. The maximum atomic E-state index is 8.84. The maximum Gasteiger partial charge on any atom is 0.0666 e. The van der Waals surface area contributed by atoms with E-state index >= 15 is 0 Å². The molecule has 96 valence electrons. The Morgan fingerprint density at radius 2 is 1.94 bits per heavy atom. The average Bonchev–Trinajstić information content (AvgIpc) is 2.42. The Kier molecular flexibility index (Phi) is 4.78. The zero-order chi connectivity index (χ0) is 12.8. The third-order valence-corrected chi connectivity index (χ3v) is 3.83. The van der Waals surface area contributed by atoms with Crippen molar-refractivity contribution < 1.29 is 0 Å². The summed E-state index contributed by atoms with van der Waals surface area (Å²) in [6.07, 6.45) is 3.75. The molecule has 1 heterocycles. The van der Waals surface area contributed by atoms with Crippen molar-refractivity contribution in [3.8, 4) is 6.07 Å². The van der Waals surface area contributed by atoms with E-state index in [1.54, 1.807) is 0 Å². The molecule has 1 aliphatic heterocycles. The Balaban J connectivity index is 1.75. The summed E-state index contributed by atoms with van der Waals surface area (Å²) in [6, 6.07) is 13.1. The molecule has 18 heavy (non-hydrogen) atoms. The van der Waals surface area contributed by atoms with Crippen molar-refractivity contribution in [1.82, 2.24) is 4.90 Å². The normalized spacial score (nSPS) is 19.3. The molecule has 0 aliphatic carbocycles. The minimum atomic E-state index is 0.163. The van der Waals surface area contributed by atoms with Gasteiger partial charge in [0.2, 0.25) is 0 Å². The van der Waals surface area contributed by atoms with Gasteiger partial charge in [-0.2, -0.15) is 5.26 Å². The Hall–Kier alpha value is -1.33. The molecule has 1 saturated heterocycles. The van der Waals surface area contributed by atoms with Crippen LogP contribution in [0.3, 0.4) is 0 Å². The molecule has 0 spiro atoms. The van der Waals surface area contributed by atoms with Gasteiger partial charge in [0.1, 0.15) is 0 Å². The molecule has 2 nitrogen and oxygen atoms in total. The van der Waals surface area contributed by atoms with E-state index in [1.807, 2.05) is 6.92 Å². The lowest BCUT2D eigenvalue weighted by atomic mass is 9.90. The van der Waals surface area contributed by atoms with Gasteiger partial charge in [0.15, 0.2) is 0 Å². The van der Waals surface area contributed by atoms with Crippen LogP contribution in [-0.2, 0) is 6.42 Å². The monoisotopic (exact) mass is 242 g/mol. The third-order valence-electron chi connectivity index (χ3n) is 3.83. The largest absolute Gasteiger partial charge is 0.302 e. The second-order valence-corrected chi connectivity index (χ2v) is 5.46. The smallest absolute Gasteiger partial charge is 0.0666 e. The number of hydrogen-bond acceptors (Lipinski definition) is 2. The molecule has 1 aromatic rings. The molecule has 1 unspecified atom stereocenters. The van der Waals surface area contributed by atoms with E-state index in [4.69, 9.17) is 5.26 Å². The van der Waals surface area contributed by atoms with Gasteiger partial charge in [-0.1, -0.05) is 30.3 Å². The number of nitrogens with zero attached hydrogens (tertiary/aromatic N) is 2. The number of hydrogen-bond donors (Lipinski definition) is 0. The summed E-state index contributed by atoms with van der Waals surface area (Å²) in [5.74, 6) is 0.983. The first-order valence-corrected chi connectivity index (χ1v) is 6.94. The molecule has 1 fully saturated rings. The van der Waals surface area contributed by atoms with Gasteiger partial charge in [0, 0.05) is 6.54 Å². The Morgan fingerprint density at radius 3 is 2.56 bits per heavy atom. The van der Waals surface area contributed by atoms with E-state index in [0.29, 0.717) is 0 Å². The lowest BCUT2D eigenvalue weighted by Gasteiger charge is -2.32. The summed E-state index contributed by atoms with van der Waals surface area (Å²) < 4.78 is 0. The van der Waals surface area contributed by atoms with Crippen molar-refractivity contribution in [3.05, 3.63) is 35.9 Å². The van der Waals surface area contributed by atoms with Crippen molar-refractivity contribution in [2.45, 2.75) is 26.2 Å². The molecule has 1 atom stereocenters. The van der Waals surface area contributed by atoms with Crippen LogP contribution in [0, 0.1) is 23.2 Å². The zero-order valence-corrected chi connectivity index (χ0v) is 11.2. The fourth-order valence-corrected chi connectivity index (χ4v) is 2.75.